The van der Waals surface area contributed by atoms with Crippen LogP contribution >= 0.6 is 11.6 Å². The van der Waals surface area contributed by atoms with E-state index >= 15 is 0 Å². The minimum atomic E-state index is -0.507. The van der Waals surface area contributed by atoms with Gasteiger partial charge in [-0.05, 0) is 80.2 Å². The summed E-state index contributed by atoms with van der Waals surface area (Å²) in [4.78, 5) is 13.0. The van der Waals surface area contributed by atoms with Gasteiger partial charge in [-0.1, -0.05) is 11.6 Å². The lowest BCUT2D eigenvalue weighted by Crippen LogP contribution is -2.19. The largest absolute Gasteiger partial charge is 0.393 e. The second-order valence-electron chi connectivity index (χ2n) is 7.80. The van der Waals surface area contributed by atoms with Gasteiger partial charge in [-0.2, -0.15) is 0 Å². The molecule has 0 aliphatic heterocycles. The summed E-state index contributed by atoms with van der Waals surface area (Å²) in [5.41, 5.74) is 2.22. The predicted octanol–water partition coefficient (Wildman–Crippen LogP) is 4.82. The Morgan fingerprint density at radius 2 is 1.96 bits per heavy atom. The molecule has 2 unspecified atom stereocenters. The van der Waals surface area contributed by atoms with Gasteiger partial charge in [0, 0.05) is 18.4 Å². The number of carbonyl (C=O) groups excluding carboxylic acids is 1. The maximum absolute atomic E-state index is 13.4. The summed E-state index contributed by atoms with van der Waals surface area (Å²) in [5, 5.41) is 12.7. The fraction of sp³-hybridized carbons (Fsp3) is 0.476. The number of aryl methyl sites for hydroxylation is 1. The third kappa shape index (κ3) is 3.50. The van der Waals surface area contributed by atoms with Crippen LogP contribution in [0.2, 0.25) is 5.02 Å². The topological polar surface area (TPSA) is 54.3 Å². The molecule has 4 nitrogen and oxygen atoms in total. The normalized spacial score (nSPS) is 27.0. The molecule has 2 saturated carbocycles. The highest BCUT2D eigenvalue weighted by molar-refractivity contribution is 6.31. The maximum Gasteiger partial charge on any atom is 0.272 e. The Hall–Kier alpha value is -1.85. The molecular weight excluding hydrogens is 367 g/mol. The van der Waals surface area contributed by atoms with Crippen LogP contribution in [0, 0.1) is 17.7 Å². The van der Waals surface area contributed by atoms with E-state index in [-0.39, 0.29) is 17.0 Å². The van der Waals surface area contributed by atoms with Crippen LogP contribution in [-0.2, 0) is 6.54 Å². The molecule has 4 rings (SSSR count). The van der Waals surface area contributed by atoms with Gasteiger partial charge in [-0.3, -0.25) is 4.79 Å². The molecule has 1 aromatic carbocycles. The number of hydrogen-bond acceptors (Lipinski definition) is 2. The van der Waals surface area contributed by atoms with Gasteiger partial charge in [0.05, 0.1) is 11.1 Å². The molecule has 6 heteroatoms. The average Bonchev–Trinajstić information content (AvgIpc) is 3.29. The second-order valence-corrected chi connectivity index (χ2v) is 8.21. The molecule has 2 aromatic rings. The van der Waals surface area contributed by atoms with Crippen LogP contribution in [0.1, 0.15) is 54.6 Å². The molecule has 1 amide bonds. The molecule has 0 radical (unpaired) electrons. The SMILES string of the molecule is CCn1ccc(C2CC3CC(O)CC3C2)c1C(=O)Nc1ccc(F)c(Cl)c1. The first-order valence-electron chi connectivity index (χ1n) is 9.59. The van der Waals surface area contributed by atoms with E-state index in [1.54, 1.807) is 0 Å². The van der Waals surface area contributed by atoms with Crippen molar-refractivity contribution in [3.8, 4) is 0 Å². The van der Waals surface area contributed by atoms with E-state index in [1.807, 2.05) is 17.7 Å². The number of nitrogens with one attached hydrogen (secondary N) is 1. The Morgan fingerprint density at radius 3 is 2.59 bits per heavy atom. The zero-order valence-corrected chi connectivity index (χ0v) is 16.0. The van der Waals surface area contributed by atoms with Gasteiger partial charge in [0.15, 0.2) is 0 Å². The Morgan fingerprint density at radius 1 is 1.26 bits per heavy atom. The standard InChI is InChI=1S/C21H24ClFN2O2/c1-2-25-6-5-17(14-7-12-9-16(26)10-13(12)8-14)20(25)21(27)24-15-3-4-19(23)18(22)11-15/h3-6,11-14,16,26H,2,7-10H2,1H3,(H,24,27). The number of amides is 1. The first-order chi connectivity index (χ1) is 13.0. The molecule has 27 heavy (non-hydrogen) atoms. The molecule has 1 aromatic heterocycles. The van der Waals surface area contributed by atoms with E-state index < -0.39 is 5.82 Å². The number of halogens is 2. The second kappa shape index (κ2) is 7.28. The minimum Gasteiger partial charge on any atom is -0.393 e. The van der Waals surface area contributed by atoms with Gasteiger partial charge in [-0.15, -0.1) is 0 Å². The number of anilines is 1. The average molecular weight is 391 g/mol. The Bertz CT molecular complexity index is 852. The van der Waals surface area contributed by atoms with Crippen LogP contribution in [0.5, 0.6) is 0 Å². The van der Waals surface area contributed by atoms with E-state index in [9.17, 15) is 14.3 Å². The monoisotopic (exact) mass is 390 g/mol. The summed E-state index contributed by atoms with van der Waals surface area (Å²) in [7, 11) is 0. The van der Waals surface area contributed by atoms with E-state index in [1.165, 1.54) is 18.2 Å². The number of benzene rings is 1. The number of hydrogen-bond donors (Lipinski definition) is 2. The lowest BCUT2D eigenvalue weighted by Gasteiger charge is -2.16. The summed E-state index contributed by atoms with van der Waals surface area (Å²) < 4.78 is 15.3. The number of aliphatic hydroxyl groups is 1. The van der Waals surface area contributed by atoms with Crippen molar-refractivity contribution in [1.29, 1.82) is 0 Å². The highest BCUT2D eigenvalue weighted by Gasteiger charge is 2.42. The molecule has 0 spiro atoms. The molecule has 2 fully saturated rings. The minimum absolute atomic E-state index is 0.0129. The van der Waals surface area contributed by atoms with Gasteiger partial charge >= 0.3 is 0 Å². The fourth-order valence-corrected chi connectivity index (χ4v) is 5.13. The molecule has 1 heterocycles. The number of rotatable bonds is 4. The summed E-state index contributed by atoms with van der Waals surface area (Å²) in [6, 6.07) is 6.24. The van der Waals surface area contributed by atoms with Crippen LogP contribution in [0.3, 0.4) is 0 Å². The van der Waals surface area contributed by atoms with Crippen LogP contribution in [0.15, 0.2) is 30.5 Å². The summed E-state index contributed by atoms with van der Waals surface area (Å²) in [6.45, 7) is 2.71. The third-order valence-electron chi connectivity index (χ3n) is 6.16. The maximum atomic E-state index is 13.4. The van der Waals surface area contributed by atoms with Crippen LogP contribution in [0.25, 0.3) is 0 Å². The molecular formula is C21H24ClFN2O2. The highest BCUT2D eigenvalue weighted by atomic mass is 35.5. The number of nitrogens with zero attached hydrogens (tertiary/aromatic N) is 1. The first-order valence-corrected chi connectivity index (χ1v) is 9.97. The Labute approximate surface area is 163 Å². The van der Waals surface area contributed by atoms with Crippen molar-refractivity contribution in [2.45, 2.75) is 51.2 Å². The van der Waals surface area contributed by atoms with Gasteiger partial charge in [-0.25, -0.2) is 4.39 Å². The molecule has 2 aliphatic rings. The van der Waals surface area contributed by atoms with E-state index in [0.29, 0.717) is 35.7 Å². The molecule has 2 N–H and O–H groups in total. The highest BCUT2D eigenvalue weighted by Crippen LogP contribution is 2.51. The number of carbonyl (C=O) groups is 1. The fourth-order valence-electron chi connectivity index (χ4n) is 4.95. The predicted molar refractivity (Wildman–Crippen MR) is 104 cm³/mol. The van der Waals surface area contributed by atoms with Gasteiger partial charge < -0.3 is 15.0 Å². The van der Waals surface area contributed by atoms with Crippen LogP contribution in [-0.4, -0.2) is 21.7 Å². The molecule has 144 valence electrons. The quantitative estimate of drug-likeness (QED) is 0.786. The van der Waals surface area contributed by atoms with E-state index in [0.717, 1.165) is 31.2 Å². The van der Waals surface area contributed by atoms with Crippen molar-refractivity contribution in [3.05, 3.63) is 52.6 Å². The Kier molecular flexibility index (Phi) is 4.99. The number of aromatic nitrogens is 1. The van der Waals surface area contributed by atoms with Gasteiger partial charge in [0.25, 0.3) is 5.91 Å². The molecule has 2 aliphatic carbocycles. The van der Waals surface area contributed by atoms with Crippen molar-refractivity contribution < 1.29 is 14.3 Å². The van der Waals surface area contributed by atoms with Crippen molar-refractivity contribution in [2.75, 3.05) is 5.32 Å². The first kappa shape index (κ1) is 18.5. The summed E-state index contributed by atoms with van der Waals surface area (Å²) in [5.74, 6) is 0.755. The lowest BCUT2D eigenvalue weighted by atomic mass is 9.94. The lowest BCUT2D eigenvalue weighted by molar-refractivity contribution is 0.101. The smallest absolute Gasteiger partial charge is 0.272 e. The van der Waals surface area contributed by atoms with Crippen LogP contribution in [0.4, 0.5) is 10.1 Å². The van der Waals surface area contributed by atoms with Crippen molar-refractivity contribution in [1.82, 2.24) is 4.57 Å². The Balaban J connectivity index is 1.58. The van der Waals surface area contributed by atoms with Crippen molar-refractivity contribution in [3.63, 3.8) is 0 Å². The number of aliphatic hydroxyl groups excluding tert-OH is 1. The molecule has 0 saturated heterocycles. The van der Waals surface area contributed by atoms with Crippen molar-refractivity contribution >= 4 is 23.2 Å². The van der Waals surface area contributed by atoms with Crippen LogP contribution < -0.4 is 5.32 Å². The van der Waals surface area contributed by atoms with Gasteiger partial charge in [0.1, 0.15) is 11.5 Å². The number of fused-ring (bicyclic) bond motifs is 1. The third-order valence-corrected chi connectivity index (χ3v) is 6.45. The zero-order valence-electron chi connectivity index (χ0n) is 15.3. The van der Waals surface area contributed by atoms with Gasteiger partial charge in [0.2, 0.25) is 0 Å². The van der Waals surface area contributed by atoms with Crippen molar-refractivity contribution in [2.24, 2.45) is 11.8 Å². The molecule has 2 atom stereocenters. The zero-order chi connectivity index (χ0) is 19.1. The summed E-state index contributed by atoms with van der Waals surface area (Å²) in [6.07, 6.45) is 5.62. The van der Waals surface area contributed by atoms with E-state index in [2.05, 4.69) is 11.4 Å². The van der Waals surface area contributed by atoms with E-state index in [4.69, 9.17) is 11.6 Å². The molecule has 0 bridgehead atoms. The summed E-state index contributed by atoms with van der Waals surface area (Å²) >= 11 is 5.83.